The Bertz CT molecular complexity index is 166. The van der Waals surface area contributed by atoms with Crippen LogP contribution in [0.2, 0.25) is 0 Å². The van der Waals surface area contributed by atoms with Gasteiger partial charge in [-0.1, -0.05) is 39.3 Å². The summed E-state index contributed by atoms with van der Waals surface area (Å²) in [6.07, 6.45) is 7.09. The molecule has 0 aliphatic rings. The van der Waals surface area contributed by atoms with Gasteiger partial charge in [0, 0.05) is 0 Å². The maximum Gasteiger partial charge on any atom is 0.0939 e. The van der Waals surface area contributed by atoms with Crippen molar-refractivity contribution in [1.29, 1.82) is 0 Å². The van der Waals surface area contributed by atoms with Gasteiger partial charge in [0.05, 0.1) is 11.7 Å². The van der Waals surface area contributed by atoms with Crippen molar-refractivity contribution in [3.63, 3.8) is 0 Å². The lowest BCUT2D eigenvalue weighted by Gasteiger charge is -2.31. The van der Waals surface area contributed by atoms with Crippen LogP contribution in [0.5, 0.6) is 0 Å². The molecule has 2 atom stereocenters. The molecule has 2 unspecified atom stereocenters. The van der Waals surface area contributed by atoms with Gasteiger partial charge in [0.15, 0.2) is 0 Å². The van der Waals surface area contributed by atoms with E-state index >= 15 is 0 Å². The molecule has 0 heterocycles. The van der Waals surface area contributed by atoms with Gasteiger partial charge in [-0.25, -0.2) is 0 Å². The van der Waals surface area contributed by atoms with Crippen molar-refractivity contribution in [1.82, 2.24) is 0 Å². The zero-order chi connectivity index (χ0) is 11.0. The number of rotatable bonds is 7. The molecule has 14 heavy (non-hydrogen) atoms. The Morgan fingerprint density at radius 3 is 2.29 bits per heavy atom. The minimum Gasteiger partial charge on any atom is -0.390 e. The molecule has 0 aliphatic heterocycles. The minimum absolute atomic E-state index is 0.559. The SMILES string of the molecule is CC/C=C/CC(O)(CCC)C(O)CC. The molecule has 0 radical (unpaired) electrons. The Morgan fingerprint density at radius 1 is 1.21 bits per heavy atom. The fourth-order valence-electron chi connectivity index (χ4n) is 1.67. The highest BCUT2D eigenvalue weighted by atomic mass is 16.3. The molecule has 0 fully saturated rings. The molecule has 0 aliphatic carbocycles. The molecule has 0 aromatic rings. The number of hydrogen-bond acceptors (Lipinski definition) is 2. The summed E-state index contributed by atoms with van der Waals surface area (Å²) in [5.41, 5.74) is -0.921. The highest BCUT2D eigenvalue weighted by Gasteiger charge is 2.31. The second-order valence-corrected chi connectivity index (χ2v) is 3.86. The van der Waals surface area contributed by atoms with Gasteiger partial charge in [-0.15, -0.1) is 0 Å². The highest BCUT2D eigenvalue weighted by Crippen LogP contribution is 2.24. The first-order valence-corrected chi connectivity index (χ1v) is 5.66. The number of hydrogen-bond donors (Lipinski definition) is 2. The molecule has 0 aromatic heterocycles. The van der Waals surface area contributed by atoms with E-state index in [4.69, 9.17) is 0 Å². The van der Waals surface area contributed by atoms with E-state index in [1.165, 1.54) is 0 Å². The van der Waals surface area contributed by atoms with Crippen LogP contribution in [0.4, 0.5) is 0 Å². The van der Waals surface area contributed by atoms with Crippen LogP contribution in [-0.2, 0) is 0 Å². The molecule has 0 bridgehead atoms. The minimum atomic E-state index is -0.921. The first-order valence-electron chi connectivity index (χ1n) is 5.66. The standard InChI is InChI=1S/C12H24O2/c1-4-7-8-10-12(14,9-5-2)11(13)6-3/h7-8,11,13-14H,4-6,9-10H2,1-3H3/b8-7+. The number of aliphatic hydroxyl groups is 2. The van der Waals surface area contributed by atoms with Gasteiger partial charge in [-0.3, -0.25) is 0 Å². The quantitative estimate of drug-likeness (QED) is 0.620. The van der Waals surface area contributed by atoms with Crippen molar-refractivity contribution >= 4 is 0 Å². The van der Waals surface area contributed by atoms with Crippen LogP contribution in [0.1, 0.15) is 52.9 Å². The smallest absolute Gasteiger partial charge is 0.0939 e. The molecule has 0 amide bonds. The lowest BCUT2D eigenvalue weighted by molar-refractivity contribution is -0.0796. The van der Waals surface area contributed by atoms with Gasteiger partial charge in [0.2, 0.25) is 0 Å². The molecule has 0 aromatic carbocycles. The largest absolute Gasteiger partial charge is 0.390 e. The molecular formula is C12H24O2. The number of aliphatic hydroxyl groups excluding tert-OH is 1. The highest BCUT2D eigenvalue weighted by molar-refractivity contribution is 4.94. The predicted octanol–water partition coefficient (Wildman–Crippen LogP) is 2.64. The fraction of sp³-hybridized carbons (Fsp3) is 0.833. The lowest BCUT2D eigenvalue weighted by Crippen LogP contribution is -2.41. The van der Waals surface area contributed by atoms with E-state index in [1.807, 2.05) is 26.0 Å². The second kappa shape index (κ2) is 7.02. The Hall–Kier alpha value is -0.340. The van der Waals surface area contributed by atoms with Gasteiger partial charge in [0.25, 0.3) is 0 Å². The summed E-state index contributed by atoms with van der Waals surface area (Å²) in [6, 6.07) is 0. The van der Waals surface area contributed by atoms with Gasteiger partial charge in [0.1, 0.15) is 0 Å². The van der Waals surface area contributed by atoms with Crippen LogP contribution in [0.15, 0.2) is 12.2 Å². The maximum absolute atomic E-state index is 10.2. The van der Waals surface area contributed by atoms with Gasteiger partial charge in [-0.2, -0.15) is 0 Å². The topological polar surface area (TPSA) is 40.5 Å². The third kappa shape index (κ3) is 4.25. The number of allylic oxidation sites excluding steroid dienone is 1. The Labute approximate surface area is 87.7 Å². The van der Waals surface area contributed by atoms with Crippen LogP contribution < -0.4 is 0 Å². The van der Waals surface area contributed by atoms with Crippen molar-refractivity contribution in [3.8, 4) is 0 Å². The van der Waals surface area contributed by atoms with Crippen LogP contribution in [0.3, 0.4) is 0 Å². The normalized spacial score (nSPS) is 18.4. The zero-order valence-corrected chi connectivity index (χ0v) is 9.66. The van der Waals surface area contributed by atoms with Gasteiger partial charge >= 0.3 is 0 Å². The summed E-state index contributed by atoms with van der Waals surface area (Å²) in [4.78, 5) is 0. The third-order valence-corrected chi connectivity index (χ3v) is 2.56. The van der Waals surface area contributed by atoms with Gasteiger partial charge < -0.3 is 10.2 Å². The van der Waals surface area contributed by atoms with E-state index in [0.717, 1.165) is 12.8 Å². The first kappa shape index (κ1) is 13.7. The second-order valence-electron chi connectivity index (χ2n) is 3.86. The summed E-state index contributed by atoms with van der Waals surface area (Å²) >= 11 is 0. The molecule has 0 rings (SSSR count). The summed E-state index contributed by atoms with van der Waals surface area (Å²) in [7, 11) is 0. The van der Waals surface area contributed by atoms with Crippen LogP contribution in [0.25, 0.3) is 0 Å². The van der Waals surface area contributed by atoms with Crippen molar-refractivity contribution in [3.05, 3.63) is 12.2 Å². The molecule has 2 nitrogen and oxygen atoms in total. The average Bonchev–Trinajstić information content (AvgIpc) is 2.17. The molecule has 0 saturated heterocycles. The molecular weight excluding hydrogens is 176 g/mol. The molecule has 2 N–H and O–H groups in total. The van der Waals surface area contributed by atoms with Crippen molar-refractivity contribution in [2.45, 2.75) is 64.6 Å². The van der Waals surface area contributed by atoms with E-state index < -0.39 is 11.7 Å². The van der Waals surface area contributed by atoms with E-state index in [-0.39, 0.29) is 0 Å². The third-order valence-electron chi connectivity index (χ3n) is 2.56. The maximum atomic E-state index is 10.2. The Balaban J connectivity index is 4.30. The Kier molecular flexibility index (Phi) is 6.85. The van der Waals surface area contributed by atoms with E-state index in [0.29, 0.717) is 19.3 Å². The molecule has 0 saturated carbocycles. The fourth-order valence-corrected chi connectivity index (χ4v) is 1.67. The monoisotopic (exact) mass is 200 g/mol. The summed E-state index contributed by atoms with van der Waals surface area (Å²) < 4.78 is 0. The first-order chi connectivity index (χ1) is 6.60. The zero-order valence-electron chi connectivity index (χ0n) is 9.66. The summed E-state index contributed by atoms with van der Waals surface area (Å²) in [5.74, 6) is 0. The van der Waals surface area contributed by atoms with Crippen molar-refractivity contribution in [2.75, 3.05) is 0 Å². The van der Waals surface area contributed by atoms with E-state index in [1.54, 1.807) is 0 Å². The van der Waals surface area contributed by atoms with Crippen LogP contribution in [0, 0.1) is 0 Å². The van der Waals surface area contributed by atoms with Crippen molar-refractivity contribution in [2.24, 2.45) is 0 Å². The van der Waals surface area contributed by atoms with E-state index in [2.05, 4.69) is 6.92 Å². The van der Waals surface area contributed by atoms with Crippen LogP contribution >= 0.6 is 0 Å². The predicted molar refractivity (Wildman–Crippen MR) is 60.2 cm³/mol. The molecule has 2 heteroatoms. The molecule has 84 valence electrons. The van der Waals surface area contributed by atoms with Gasteiger partial charge in [-0.05, 0) is 25.7 Å². The summed E-state index contributed by atoms with van der Waals surface area (Å²) in [5, 5.41) is 19.9. The average molecular weight is 200 g/mol. The lowest BCUT2D eigenvalue weighted by atomic mass is 9.86. The van der Waals surface area contributed by atoms with Crippen LogP contribution in [-0.4, -0.2) is 21.9 Å². The summed E-state index contributed by atoms with van der Waals surface area (Å²) in [6.45, 7) is 5.98. The van der Waals surface area contributed by atoms with E-state index in [9.17, 15) is 10.2 Å². The Morgan fingerprint density at radius 2 is 1.86 bits per heavy atom. The van der Waals surface area contributed by atoms with Crippen molar-refractivity contribution < 1.29 is 10.2 Å². The molecule has 0 spiro atoms.